The lowest BCUT2D eigenvalue weighted by Gasteiger charge is -2.10. The van der Waals surface area contributed by atoms with Crippen LogP contribution in [-0.4, -0.2) is 29.2 Å². The van der Waals surface area contributed by atoms with Gasteiger partial charge in [0.25, 0.3) is 0 Å². The van der Waals surface area contributed by atoms with Gasteiger partial charge in [-0.1, -0.05) is 27.2 Å². The molecule has 0 aliphatic rings. The maximum Gasteiger partial charge on any atom is 0.229 e. The van der Waals surface area contributed by atoms with Crippen molar-refractivity contribution < 1.29 is 4.79 Å². The summed E-state index contributed by atoms with van der Waals surface area (Å²) in [5.41, 5.74) is 1.06. The van der Waals surface area contributed by atoms with E-state index in [9.17, 15) is 4.79 Å². The van der Waals surface area contributed by atoms with Gasteiger partial charge >= 0.3 is 0 Å². The first-order chi connectivity index (χ1) is 8.17. The highest BCUT2D eigenvalue weighted by molar-refractivity contribution is 5.91. The second kappa shape index (κ2) is 7.06. The summed E-state index contributed by atoms with van der Waals surface area (Å²) < 4.78 is 0. The molecule has 0 aliphatic carbocycles. The Morgan fingerprint density at radius 2 is 2.29 bits per heavy atom. The summed E-state index contributed by atoms with van der Waals surface area (Å²) >= 11 is 0. The van der Waals surface area contributed by atoms with Gasteiger partial charge in [0.2, 0.25) is 5.91 Å². The Hall–Kier alpha value is -1.36. The normalized spacial score (nSPS) is 12.4. The molecule has 17 heavy (non-hydrogen) atoms. The third-order valence-corrected chi connectivity index (χ3v) is 2.55. The largest absolute Gasteiger partial charge is 0.316 e. The third-order valence-electron chi connectivity index (χ3n) is 2.55. The van der Waals surface area contributed by atoms with Gasteiger partial charge in [0, 0.05) is 24.2 Å². The zero-order valence-electron chi connectivity index (χ0n) is 10.8. The molecule has 1 rings (SSSR count). The van der Waals surface area contributed by atoms with E-state index in [1.54, 1.807) is 0 Å². The molecule has 5 heteroatoms. The molecule has 1 heterocycles. The lowest BCUT2D eigenvalue weighted by Crippen LogP contribution is -2.30. The third kappa shape index (κ3) is 4.56. The fourth-order valence-corrected chi connectivity index (χ4v) is 1.53. The Bertz CT molecular complexity index is 348. The van der Waals surface area contributed by atoms with Gasteiger partial charge in [-0.05, 0) is 13.0 Å². The van der Waals surface area contributed by atoms with E-state index in [2.05, 4.69) is 27.8 Å². The Balaban J connectivity index is 2.43. The zero-order chi connectivity index (χ0) is 12.7. The van der Waals surface area contributed by atoms with E-state index in [0.717, 1.165) is 25.1 Å². The van der Waals surface area contributed by atoms with Crippen LogP contribution in [0, 0.1) is 5.92 Å². The number of aromatic nitrogens is 2. The lowest BCUT2D eigenvalue weighted by molar-refractivity contribution is -0.119. The van der Waals surface area contributed by atoms with Crippen molar-refractivity contribution in [2.75, 3.05) is 18.4 Å². The first-order valence-corrected chi connectivity index (χ1v) is 6.23. The minimum Gasteiger partial charge on any atom is -0.316 e. The highest BCUT2D eigenvalue weighted by Crippen LogP contribution is 2.08. The number of anilines is 1. The number of amides is 1. The van der Waals surface area contributed by atoms with E-state index in [0.29, 0.717) is 12.4 Å². The number of rotatable bonds is 7. The van der Waals surface area contributed by atoms with E-state index >= 15 is 0 Å². The van der Waals surface area contributed by atoms with Gasteiger partial charge in [-0.3, -0.25) is 9.89 Å². The first-order valence-electron chi connectivity index (χ1n) is 6.23. The molecule has 5 nitrogen and oxygen atoms in total. The van der Waals surface area contributed by atoms with Gasteiger partial charge < -0.3 is 10.6 Å². The monoisotopic (exact) mass is 238 g/mol. The van der Waals surface area contributed by atoms with Crippen molar-refractivity contribution in [3.8, 4) is 0 Å². The fourth-order valence-electron chi connectivity index (χ4n) is 1.53. The van der Waals surface area contributed by atoms with Crippen LogP contribution in [0.3, 0.4) is 0 Å². The summed E-state index contributed by atoms with van der Waals surface area (Å²) in [5, 5.41) is 12.9. The summed E-state index contributed by atoms with van der Waals surface area (Å²) in [5.74, 6) is 0.559. The smallest absolute Gasteiger partial charge is 0.229 e. The topological polar surface area (TPSA) is 69.8 Å². The number of H-pyrrole nitrogens is 1. The van der Waals surface area contributed by atoms with Crippen LogP contribution in [0.2, 0.25) is 0 Å². The van der Waals surface area contributed by atoms with E-state index in [4.69, 9.17) is 0 Å². The molecule has 0 bridgehead atoms. The molecule has 0 fully saturated rings. The molecular weight excluding hydrogens is 216 g/mol. The predicted octanol–water partition coefficient (Wildman–Crippen LogP) is 1.55. The van der Waals surface area contributed by atoms with Crippen LogP contribution in [-0.2, 0) is 11.2 Å². The Kier molecular flexibility index (Phi) is 5.69. The maximum atomic E-state index is 11.8. The van der Waals surface area contributed by atoms with Gasteiger partial charge in [0.1, 0.15) is 0 Å². The van der Waals surface area contributed by atoms with Crippen LogP contribution in [0.5, 0.6) is 0 Å². The number of carbonyl (C=O) groups excluding carboxylic acids is 1. The Morgan fingerprint density at radius 1 is 1.53 bits per heavy atom. The summed E-state index contributed by atoms with van der Waals surface area (Å²) in [6, 6.07) is 1.89. The number of carbonyl (C=O) groups is 1. The molecule has 0 aromatic carbocycles. The lowest BCUT2D eigenvalue weighted by atomic mass is 10.1. The van der Waals surface area contributed by atoms with E-state index in [1.807, 2.05) is 19.9 Å². The van der Waals surface area contributed by atoms with E-state index in [-0.39, 0.29) is 11.8 Å². The van der Waals surface area contributed by atoms with Crippen LogP contribution in [0.15, 0.2) is 6.07 Å². The molecule has 0 saturated heterocycles. The highest BCUT2D eigenvalue weighted by atomic mass is 16.1. The van der Waals surface area contributed by atoms with Crippen molar-refractivity contribution in [3.05, 3.63) is 11.8 Å². The van der Waals surface area contributed by atoms with Crippen molar-refractivity contribution in [2.24, 2.45) is 5.92 Å². The molecule has 1 aromatic heterocycles. The van der Waals surface area contributed by atoms with Crippen LogP contribution >= 0.6 is 0 Å². The number of aryl methyl sites for hydroxylation is 1. The SMILES string of the molecule is CCCc1cc(NC(=O)C(C)CNCC)n[nH]1. The molecule has 96 valence electrons. The van der Waals surface area contributed by atoms with Crippen LogP contribution < -0.4 is 10.6 Å². The van der Waals surface area contributed by atoms with Gasteiger partial charge in [-0.25, -0.2) is 0 Å². The van der Waals surface area contributed by atoms with Crippen LogP contribution in [0.1, 0.15) is 32.9 Å². The number of nitrogens with one attached hydrogen (secondary N) is 3. The first kappa shape index (κ1) is 13.7. The Morgan fingerprint density at radius 3 is 2.94 bits per heavy atom. The minimum atomic E-state index is -0.0544. The van der Waals surface area contributed by atoms with Gasteiger partial charge in [0.15, 0.2) is 5.82 Å². The fraction of sp³-hybridized carbons (Fsp3) is 0.667. The van der Waals surface area contributed by atoms with Crippen molar-refractivity contribution in [2.45, 2.75) is 33.6 Å². The van der Waals surface area contributed by atoms with Crippen molar-refractivity contribution in [3.63, 3.8) is 0 Å². The summed E-state index contributed by atoms with van der Waals surface area (Å²) in [6.45, 7) is 7.60. The highest BCUT2D eigenvalue weighted by Gasteiger charge is 2.13. The number of aromatic amines is 1. The number of nitrogens with zero attached hydrogens (tertiary/aromatic N) is 1. The van der Waals surface area contributed by atoms with Crippen molar-refractivity contribution in [1.82, 2.24) is 15.5 Å². The van der Waals surface area contributed by atoms with Crippen LogP contribution in [0.25, 0.3) is 0 Å². The van der Waals surface area contributed by atoms with Crippen molar-refractivity contribution >= 4 is 11.7 Å². The average Bonchev–Trinajstić information content (AvgIpc) is 2.74. The molecule has 1 amide bonds. The standard InChI is InChI=1S/C12H22N4O/c1-4-6-10-7-11(16-15-10)14-12(17)9(3)8-13-5-2/h7,9,13H,4-6,8H2,1-3H3,(H2,14,15,16,17). The molecule has 1 aromatic rings. The molecule has 3 N–H and O–H groups in total. The quantitative estimate of drug-likeness (QED) is 0.675. The number of hydrogen-bond acceptors (Lipinski definition) is 3. The average molecular weight is 238 g/mol. The minimum absolute atomic E-state index is 0.000462. The Labute approximate surface area is 102 Å². The predicted molar refractivity (Wildman–Crippen MR) is 68.9 cm³/mol. The van der Waals surface area contributed by atoms with Crippen molar-refractivity contribution in [1.29, 1.82) is 0 Å². The second-order valence-electron chi connectivity index (χ2n) is 4.23. The van der Waals surface area contributed by atoms with E-state index in [1.165, 1.54) is 0 Å². The second-order valence-corrected chi connectivity index (χ2v) is 4.23. The maximum absolute atomic E-state index is 11.8. The molecule has 1 unspecified atom stereocenters. The summed E-state index contributed by atoms with van der Waals surface area (Å²) in [6.07, 6.45) is 2.02. The van der Waals surface area contributed by atoms with Gasteiger partial charge in [0.05, 0.1) is 0 Å². The molecular formula is C12H22N4O. The van der Waals surface area contributed by atoms with Crippen LogP contribution in [0.4, 0.5) is 5.82 Å². The van der Waals surface area contributed by atoms with Gasteiger partial charge in [-0.15, -0.1) is 0 Å². The molecule has 0 aliphatic heterocycles. The summed E-state index contributed by atoms with van der Waals surface area (Å²) in [7, 11) is 0. The molecule has 1 atom stereocenters. The molecule has 0 spiro atoms. The van der Waals surface area contributed by atoms with E-state index < -0.39 is 0 Å². The summed E-state index contributed by atoms with van der Waals surface area (Å²) in [4.78, 5) is 11.8. The molecule has 0 saturated carbocycles. The van der Waals surface area contributed by atoms with Gasteiger partial charge in [-0.2, -0.15) is 5.10 Å². The zero-order valence-corrected chi connectivity index (χ0v) is 10.8. The molecule has 0 radical (unpaired) electrons. The number of hydrogen-bond donors (Lipinski definition) is 3.